The van der Waals surface area contributed by atoms with E-state index in [-0.39, 0.29) is 0 Å². The molecule has 96 valence electrons. The summed E-state index contributed by atoms with van der Waals surface area (Å²) < 4.78 is 22.5. The maximum absolute atomic E-state index is 12.1. The Morgan fingerprint density at radius 2 is 1.71 bits per heavy atom. The van der Waals surface area contributed by atoms with E-state index >= 15 is 0 Å². The fourth-order valence-electron chi connectivity index (χ4n) is 1.54. The number of nitrogens with two attached hydrogens (primary N) is 1. The minimum Gasteiger partial charge on any atom is -0.333 e. The van der Waals surface area contributed by atoms with Crippen LogP contribution in [0.1, 0.15) is 19.4 Å². The highest BCUT2D eigenvalue weighted by Gasteiger charge is 2.25. The standard InChI is InChI=1S/C12H20NO3P/c1-3-15-17(14,16-4-2)11-13-10-12-8-6-5-7-9-12/h5-9,13H,3-4,10-11H2,1-2H3/p+1. The molecule has 0 atom stereocenters. The largest absolute Gasteiger partial charge is 0.384 e. The van der Waals surface area contributed by atoms with Gasteiger partial charge in [-0.2, -0.15) is 0 Å². The molecule has 0 fully saturated rings. The first kappa shape index (κ1) is 14.4. The van der Waals surface area contributed by atoms with E-state index in [0.717, 1.165) is 6.54 Å². The van der Waals surface area contributed by atoms with E-state index in [1.54, 1.807) is 0 Å². The molecule has 5 heteroatoms. The summed E-state index contributed by atoms with van der Waals surface area (Å²) in [6.07, 6.45) is 0.365. The molecule has 0 spiro atoms. The number of benzene rings is 1. The molecule has 0 saturated carbocycles. The molecule has 0 aromatic heterocycles. The molecule has 0 bridgehead atoms. The number of hydrogen-bond acceptors (Lipinski definition) is 3. The van der Waals surface area contributed by atoms with Gasteiger partial charge in [-0.05, 0) is 13.8 Å². The van der Waals surface area contributed by atoms with E-state index in [0.29, 0.717) is 19.5 Å². The van der Waals surface area contributed by atoms with Crippen LogP contribution in [0.4, 0.5) is 0 Å². The zero-order chi connectivity index (χ0) is 12.6. The Morgan fingerprint density at radius 3 is 2.24 bits per heavy atom. The van der Waals surface area contributed by atoms with Crippen LogP contribution in [0.15, 0.2) is 30.3 Å². The monoisotopic (exact) mass is 258 g/mol. The second-order valence-electron chi connectivity index (χ2n) is 3.61. The minimum absolute atomic E-state index is 0.365. The van der Waals surface area contributed by atoms with Crippen molar-refractivity contribution in [2.24, 2.45) is 0 Å². The second-order valence-corrected chi connectivity index (χ2v) is 5.71. The van der Waals surface area contributed by atoms with Gasteiger partial charge in [-0.25, -0.2) is 0 Å². The summed E-state index contributed by atoms with van der Waals surface area (Å²) in [5, 5.41) is 1.96. The predicted molar refractivity (Wildman–Crippen MR) is 67.8 cm³/mol. The third kappa shape index (κ3) is 5.46. The summed E-state index contributed by atoms with van der Waals surface area (Å²) in [6.45, 7) is 5.25. The van der Waals surface area contributed by atoms with Crippen molar-refractivity contribution in [3.05, 3.63) is 35.9 Å². The number of rotatable bonds is 8. The summed E-state index contributed by atoms with van der Waals surface area (Å²) >= 11 is 0. The lowest BCUT2D eigenvalue weighted by molar-refractivity contribution is -0.656. The molecule has 0 aliphatic heterocycles. The summed E-state index contributed by atoms with van der Waals surface area (Å²) in [5.41, 5.74) is 1.20. The van der Waals surface area contributed by atoms with Crippen molar-refractivity contribution in [2.75, 3.05) is 19.5 Å². The van der Waals surface area contributed by atoms with E-state index in [4.69, 9.17) is 9.05 Å². The van der Waals surface area contributed by atoms with Crippen molar-refractivity contribution >= 4 is 7.60 Å². The van der Waals surface area contributed by atoms with Crippen LogP contribution in [0, 0.1) is 0 Å². The fraction of sp³-hybridized carbons (Fsp3) is 0.500. The van der Waals surface area contributed by atoms with E-state index in [9.17, 15) is 4.57 Å². The first-order valence-corrected chi connectivity index (χ1v) is 7.66. The van der Waals surface area contributed by atoms with Gasteiger partial charge in [-0.3, -0.25) is 4.57 Å². The van der Waals surface area contributed by atoms with Crippen LogP contribution >= 0.6 is 7.60 Å². The molecule has 1 aromatic rings. The van der Waals surface area contributed by atoms with Crippen LogP contribution < -0.4 is 5.32 Å². The average molecular weight is 258 g/mol. The molecule has 0 unspecified atom stereocenters. The van der Waals surface area contributed by atoms with Crippen molar-refractivity contribution in [3.63, 3.8) is 0 Å². The third-order valence-corrected chi connectivity index (χ3v) is 4.24. The molecule has 0 aliphatic carbocycles. The molecule has 1 aromatic carbocycles. The quantitative estimate of drug-likeness (QED) is 0.725. The highest BCUT2D eigenvalue weighted by molar-refractivity contribution is 7.53. The van der Waals surface area contributed by atoms with Crippen molar-refractivity contribution < 1.29 is 18.9 Å². The van der Waals surface area contributed by atoms with E-state index in [1.165, 1.54) is 5.56 Å². The maximum atomic E-state index is 12.1. The molecule has 1 rings (SSSR count). The Kier molecular flexibility index (Phi) is 6.45. The Balaban J connectivity index is 2.40. The minimum atomic E-state index is -2.91. The van der Waals surface area contributed by atoms with Gasteiger partial charge >= 0.3 is 7.60 Å². The SMILES string of the molecule is CCOP(=O)(C[NH2+]Cc1ccccc1)OCC. The van der Waals surface area contributed by atoms with Crippen molar-refractivity contribution in [2.45, 2.75) is 20.4 Å². The first-order valence-electron chi connectivity index (χ1n) is 5.94. The molecule has 0 saturated heterocycles. The molecule has 2 N–H and O–H groups in total. The Morgan fingerprint density at radius 1 is 1.12 bits per heavy atom. The van der Waals surface area contributed by atoms with Gasteiger partial charge in [0.15, 0.2) is 6.29 Å². The fourth-order valence-corrected chi connectivity index (χ4v) is 3.06. The van der Waals surface area contributed by atoms with Crippen LogP contribution in [0.2, 0.25) is 0 Å². The Hall–Kier alpha value is -0.670. The first-order chi connectivity index (χ1) is 8.20. The highest BCUT2D eigenvalue weighted by atomic mass is 31.2. The summed E-state index contributed by atoms with van der Waals surface area (Å²) in [7, 11) is -2.91. The molecular formula is C12H21NO3P+. The molecule has 17 heavy (non-hydrogen) atoms. The Bertz CT molecular complexity index is 346. The lowest BCUT2D eigenvalue weighted by Gasteiger charge is -2.15. The summed E-state index contributed by atoms with van der Waals surface area (Å²) in [5.74, 6) is 0. The van der Waals surface area contributed by atoms with Gasteiger partial charge in [-0.1, -0.05) is 30.3 Å². The van der Waals surface area contributed by atoms with Crippen molar-refractivity contribution in [3.8, 4) is 0 Å². The van der Waals surface area contributed by atoms with Gasteiger partial charge < -0.3 is 14.4 Å². The normalized spacial score (nSPS) is 11.6. The van der Waals surface area contributed by atoms with Crippen molar-refractivity contribution in [1.29, 1.82) is 0 Å². The van der Waals surface area contributed by atoms with Gasteiger partial charge in [0.05, 0.1) is 13.2 Å². The lowest BCUT2D eigenvalue weighted by atomic mass is 10.2. The van der Waals surface area contributed by atoms with Crippen molar-refractivity contribution in [1.82, 2.24) is 0 Å². The molecule has 0 radical (unpaired) electrons. The average Bonchev–Trinajstić information content (AvgIpc) is 2.31. The Labute approximate surface area is 103 Å². The lowest BCUT2D eigenvalue weighted by Crippen LogP contribution is -2.82. The number of quaternary nitrogens is 1. The van der Waals surface area contributed by atoms with Crippen LogP contribution in [0.25, 0.3) is 0 Å². The zero-order valence-corrected chi connectivity index (χ0v) is 11.4. The van der Waals surface area contributed by atoms with Gasteiger partial charge in [-0.15, -0.1) is 0 Å². The third-order valence-electron chi connectivity index (χ3n) is 2.23. The van der Waals surface area contributed by atoms with Gasteiger partial charge in [0, 0.05) is 5.56 Å². The van der Waals surface area contributed by atoms with Gasteiger partial charge in [0.2, 0.25) is 0 Å². The summed E-state index contributed by atoms with van der Waals surface area (Å²) in [6, 6.07) is 10.1. The van der Waals surface area contributed by atoms with Crippen LogP contribution in [-0.4, -0.2) is 19.5 Å². The highest BCUT2D eigenvalue weighted by Crippen LogP contribution is 2.45. The molecular weight excluding hydrogens is 237 g/mol. The molecule has 0 heterocycles. The van der Waals surface area contributed by atoms with E-state index in [2.05, 4.69) is 0 Å². The smallest absolute Gasteiger partial charge is 0.333 e. The van der Waals surface area contributed by atoms with Crippen LogP contribution in [-0.2, 0) is 20.2 Å². The zero-order valence-electron chi connectivity index (χ0n) is 10.5. The molecule has 0 amide bonds. The topological polar surface area (TPSA) is 52.1 Å². The van der Waals surface area contributed by atoms with E-state index in [1.807, 2.05) is 49.5 Å². The number of hydrogen-bond donors (Lipinski definition) is 1. The van der Waals surface area contributed by atoms with E-state index < -0.39 is 7.60 Å². The van der Waals surface area contributed by atoms with Crippen LogP contribution in [0.5, 0.6) is 0 Å². The summed E-state index contributed by atoms with van der Waals surface area (Å²) in [4.78, 5) is 0. The van der Waals surface area contributed by atoms with Gasteiger partial charge in [0.1, 0.15) is 6.54 Å². The second kappa shape index (κ2) is 7.62. The molecule has 0 aliphatic rings. The van der Waals surface area contributed by atoms with Crippen LogP contribution in [0.3, 0.4) is 0 Å². The molecule has 4 nitrogen and oxygen atoms in total. The predicted octanol–water partition coefficient (Wildman–Crippen LogP) is 1.97. The maximum Gasteiger partial charge on any atom is 0.384 e. The van der Waals surface area contributed by atoms with Gasteiger partial charge in [0.25, 0.3) is 0 Å².